The zero-order valence-electron chi connectivity index (χ0n) is 11.4. The number of para-hydroxylation sites is 1. The lowest BCUT2D eigenvalue weighted by atomic mass is 10.1. The van der Waals surface area contributed by atoms with Gasteiger partial charge in [-0.25, -0.2) is 9.78 Å². The minimum absolute atomic E-state index is 0.0249. The highest BCUT2D eigenvalue weighted by molar-refractivity contribution is 7.09. The predicted molar refractivity (Wildman–Crippen MR) is 77.7 cm³/mol. The molecular formula is C14H12N2O5S. The van der Waals surface area contributed by atoms with Crippen molar-refractivity contribution in [3.8, 4) is 11.5 Å². The van der Waals surface area contributed by atoms with Crippen molar-refractivity contribution < 1.29 is 24.2 Å². The second-order valence-corrected chi connectivity index (χ2v) is 5.39. The van der Waals surface area contributed by atoms with Crippen molar-refractivity contribution in [2.45, 2.75) is 6.54 Å². The van der Waals surface area contributed by atoms with Crippen molar-refractivity contribution in [3.05, 3.63) is 39.8 Å². The molecule has 3 rings (SSSR count). The molecule has 1 aromatic carbocycles. The minimum atomic E-state index is -1.09. The molecule has 2 heterocycles. The number of aromatic nitrogens is 1. The van der Waals surface area contributed by atoms with Crippen LogP contribution in [0.4, 0.5) is 0 Å². The van der Waals surface area contributed by atoms with Gasteiger partial charge in [0.15, 0.2) is 17.2 Å². The van der Waals surface area contributed by atoms with Gasteiger partial charge >= 0.3 is 5.97 Å². The van der Waals surface area contributed by atoms with Gasteiger partial charge in [0.25, 0.3) is 5.91 Å². The number of aromatic carboxylic acids is 1. The van der Waals surface area contributed by atoms with Crippen LogP contribution < -0.4 is 14.8 Å². The molecule has 0 atom stereocenters. The summed E-state index contributed by atoms with van der Waals surface area (Å²) < 4.78 is 10.9. The highest BCUT2D eigenvalue weighted by Crippen LogP contribution is 2.33. The molecule has 0 saturated heterocycles. The largest absolute Gasteiger partial charge is 0.486 e. The second-order valence-electron chi connectivity index (χ2n) is 4.44. The Morgan fingerprint density at radius 3 is 2.91 bits per heavy atom. The predicted octanol–water partition coefficient (Wildman–Crippen LogP) is 1.54. The lowest BCUT2D eigenvalue weighted by Crippen LogP contribution is -2.25. The lowest BCUT2D eigenvalue weighted by Gasteiger charge is -2.20. The molecule has 0 bridgehead atoms. The molecule has 0 fully saturated rings. The Hall–Kier alpha value is -2.61. The van der Waals surface area contributed by atoms with E-state index in [1.807, 2.05) is 0 Å². The van der Waals surface area contributed by atoms with Crippen LogP contribution in [-0.2, 0) is 6.54 Å². The number of nitrogens with zero attached hydrogens (tertiary/aromatic N) is 1. The van der Waals surface area contributed by atoms with Gasteiger partial charge in [-0.2, -0.15) is 0 Å². The summed E-state index contributed by atoms with van der Waals surface area (Å²) in [7, 11) is 0. The number of rotatable bonds is 4. The molecule has 7 nitrogen and oxygen atoms in total. The first-order valence-electron chi connectivity index (χ1n) is 6.49. The first kappa shape index (κ1) is 14.3. The van der Waals surface area contributed by atoms with Crippen molar-refractivity contribution in [2.24, 2.45) is 0 Å². The van der Waals surface area contributed by atoms with Gasteiger partial charge in [0, 0.05) is 5.38 Å². The molecule has 0 spiro atoms. The van der Waals surface area contributed by atoms with E-state index < -0.39 is 5.97 Å². The summed E-state index contributed by atoms with van der Waals surface area (Å²) in [5.41, 5.74) is 0.357. The first-order valence-corrected chi connectivity index (χ1v) is 7.37. The summed E-state index contributed by atoms with van der Waals surface area (Å²) in [6.45, 7) is 1.00. The molecular weight excluding hydrogens is 308 g/mol. The fraction of sp³-hybridized carbons (Fsp3) is 0.214. The van der Waals surface area contributed by atoms with Crippen LogP contribution in [0.2, 0.25) is 0 Å². The number of carboxylic acids is 1. The summed E-state index contributed by atoms with van der Waals surface area (Å²) in [6.07, 6.45) is 0. The van der Waals surface area contributed by atoms with Crippen LogP contribution in [0.1, 0.15) is 25.9 Å². The summed E-state index contributed by atoms with van der Waals surface area (Å²) in [5, 5.41) is 13.5. The van der Waals surface area contributed by atoms with E-state index in [1.165, 1.54) is 16.7 Å². The van der Waals surface area contributed by atoms with E-state index in [2.05, 4.69) is 10.3 Å². The standard InChI is InChI=1S/C14H12N2O5S/c17-13(15-6-11-16-9(7-22-11)14(18)19)8-2-1-3-10-12(8)21-5-4-20-10/h1-3,7H,4-6H2,(H,15,17)(H,18,19). The number of hydrogen-bond donors (Lipinski definition) is 2. The molecule has 114 valence electrons. The van der Waals surface area contributed by atoms with Crippen LogP contribution in [-0.4, -0.2) is 35.2 Å². The molecule has 1 aliphatic rings. The van der Waals surface area contributed by atoms with Crippen LogP contribution in [0.5, 0.6) is 11.5 Å². The van der Waals surface area contributed by atoms with Gasteiger partial charge in [0.1, 0.15) is 18.2 Å². The average molecular weight is 320 g/mol. The smallest absolute Gasteiger partial charge is 0.355 e. The van der Waals surface area contributed by atoms with Gasteiger partial charge in [0.2, 0.25) is 0 Å². The highest BCUT2D eigenvalue weighted by atomic mass is 32.1. The average Bonchev–Trinajstić information content (AvgIpc) is 3.01. The molecule has 2 N–H and O–H groups in total. The van der Waals surface area contributed by atoms with E-state index in [0.29, 0.717) is 35.3 Å². The van der Waals surface area contributed by atoms with Crippen LogP contribution >= 0.6 is 11.3 Å². The lowest BCUT2D eigenvalue weighted by molar-refractivity contribution is 0.0691. The van der Waals surface area contributed by atoms with Crippen LogP contribution in [0.15, 0.2) is 23.6 Å². The maximum atomic E-state index is 12.2. The van der Waals surface area contributed by atoms with Crippen molar-refractivity contribution in [1.29, 1.82) is 0 Å². The molecule has 0 radical (unpaired) electrons. The van der Waals surface area contributed by atoms with Gasteiger partial charge in [-0.3, -0.25) is 4.79 Å². The van der Waals surface area contributed by atoms with Crippen LogP contribution in [0, 0.1) is 0 Å². The third kappa shape index (κ3) is 2.86. The van der Waals surface area contributed by atoms with E-state index in [4.69, 9.17) is 14.6 Å². The number of ether oxygens (including phenoxy) is 2. The Morgan fingerprint density at radius 1 is 1.32 bits per heavy atom. The van der Waals surface area contributed by atoms with Gasteiger partial charge in [-0.05, 0) is 12.1 Å². The summed E-state index contributed by atoms with van der Waals surface area (Å²) in [4.78, 5) is 26.9. The summed E-state index contributed by atoms with van der Waals surface area (Å²) in [6, 6.07) is 5.10. The zero-order chi connectivity index (χ0) is 15.5. The molecule has 1 aromatic heterocycles. The Labute approximate surface area is 129 Å². The number of benzene rings is 1. The summed E-state index contributed by atoms with van der Waals surface area (Å²) >= 11 is 1.18. The van der Waals surface area contributed by atoms with Crippen molar-refractivity contribution in [1.82, 2.24) is 10.3 Å². The number of fused-ring (bicyclic) bond motifs is 1. The Kier molecular flexibility index (Phi) is 3.92. The number of hydrogen-bond acceptors (Lipinski definition) is 6. The quantitative estimate of drug-likeness (QED) is 0.887. The van der Waals surface area contributed by atoms with E-state index in [-0.39, 0.29) is 18.1 Å². The normalized spacial score (nSPS) is 12.7. The number of thiazole rings is 1. The van der Waals surface area contributed by atoms with Crippen LogP contribution in [0.3, 0.4) is 0 Å². The Balaban J connectivity index is 1.71. The third-order valence-electron chi connectivity index (χ3n) is 2.98. The van der Waals surface area contributed by atoms with Crippen molar-refractivity contribution in [3.63, 3.8) is 0 Å². The van der Waals surface area contributed by atoms with Crippen molar-refractivity contribution in [2.75, 3.05) is 13.2 Å². The van der Waals surface area contributed by atoms with E-state index in [1.54, 1.807) is 18.2 Å². The topological polar surface area (TPSA) is 97.8 Å². The number of nitrogens with one attached hydrogen (secondary N) is 1. The van der Waals surface area contributed by atoms with Crippen molar-refractivity contribution >= 4 is 23.2 Å². The van der Waals surface area contributed by atoms with Gasteiger partial charge in [0.05, 0.1) is 12.1 Å². The molecule has 0 saturated carbocycles. The van der Waals surface area contributed by atoms with Crippen LogP contribution in [0.25, 0.3) is 0 Å². The Morgan fingerprint density at radius 2 is 2.14 bits per heavy atom. The maximum absolute atomic E-state index is 12.2. The molecule has 1 amide bonds. The number of carboxylic acid groups (broad SMARTS) is 1. The fourth-order valence-corrected chi connectivity index (χ4v) is 2.70. The van der Waals surface area contributed by atoms with E-state index in [0.717, 1.165) is 0 Å². The van der Waals surface area contributed by atoms with E-state index >= 15 is 0 Å². The number of carbonyl (C=O) groups excluding carboxylic acids is 1. The van der Waals surface area contributed by atoms with E-state index in [9.17, 15) is 9.59 Å². The number of amides is 1. The first-order chi connectivity index (χ1) is 10.6. The molecule has 1 aliphatic heterocycles. The Bertz CT molecular complexity index is 728. The monoisotopic (exact) mass is 320 g/mol. The second kappa shape index (κ2) is 6.02. The molecule has 0 unspecified atom stereocenters. The third-order valence-corrected chi connectivity index (χ3v) is 3.83. The molecule has 8 heteroatoms. The fourth-order valence-electron chi connectivity index (χ4n) is 1.99. The molecule has 22 heavy (non-hydrogen) atoms. The highest BCUT2D eigenvalue weighted by Gasteiger charge is 2.20. The van der Waals surface area contributed by atoms with Gasteiger partial charge in [-0.15, -0.1) is 11.3 Å². The van der Waals surface area contributed by atoms with Gasteiger partial charge in [-0.1, -0.05) is 6.07 Å². The molecule has 0 aliphatic carbocycles. The SMILES string of the molecule is O=C(O)c1csc(CNC(=O)c2cccc3c2OCCO3)n1. The van der Waals surface area contributed by atoms with Gasteiger partial charge < -0.3 is 19.9 Å². The summed E-state index contributed by atoms with van der Waals surface area (Å²) in [5.74, 6) is -0.441. The molecule has 2 aromatic rings. The minimum Gasteiger partial charge on any atom is -0.486 e. The number of carbonyl (C=O) groups is 2. The zero-order valence-corrected chi connectivity index (χ0v) is 12.2. The maximum Gasteiger partial charge on any atom is 0.355 e.